The molecule has 118 valence electrons. The van der Waals surface area contributed by atoms with Crippen molar-refractivity contribution in [2.24, 2.45) is 0 Å². The van der Waals surface area contributed by atoms with E-state index in [2.05, 4.69) is 41.8 Å². The van der Waals surface area contributed by atoms with Crippen molar-refractivity contribution < 1.29 is 8.83 Å². The van der Waals surface area contributed by atoms with Crippen LogP contribution in [-0.4, -0.2) is 9.97 Å². The zero-order valence-electron chi connectivity index (χ0n) is 12.2. The predicted molar refractivity (Wildman–Crippen MR) is 98.3 cm³/mol. The third-order valence-electron chi connectivity index (χ3n) is 3.47. The van der Waals surface area contributed by atoms with Gasteiger partial charge >= 0.3 is 0 Å². The smallest absolute Gasteiger partial charge is 0.284 e. The Bertz CT molecular complexity index is 891. The number of hydrogen-bond acceptors (Lipinski definition) is 4. The minimum atomic E-state index is 0.358. The molecule has 4 rings (SSSR count). The number of hydrogen-bond donors (Lipinski definition) is 0. The standard InChI is InChI=1S/C18H10Br2N2O2/c19-13-5-1-11(2-6-13)15-9-23-17(21-15)18-22-16(10-24-18)12-3-7-14(20)8-4-12/h1-10H. The Labute approximate surface area is 154 Å². The molecule has 0 N–H and O–H groups in total. The molecule has 2 heterocycles. The fraction of sp³-hybridized carbons (Fsp3) is 0. The van der Waals surface area contributed by atoms with Crippen LogP contribution in [0.4, 0.5) is 0 Å². The van der Waals surface area contributed by atoms with E-state index in [1.165, 1.54) is 0 Å². The van der Waals surface area contributed by atoms with Crippen LogP contribution in [0.5, 0.6) is 0 Å². The summed E-state index contributed by atoms with van der Waals surface area (Å²) in [4.78, 5) is 8.91. The van der Waals surface area contributed by atoms with Gasteiger partial charge in [-0.3, -0.25) is 0 Å². The number of aromatic nitrogens is 2. The van der Waals surface area contributed by atoms with E-state index < -0.39 is 0 Å². The van der Waals surface area contributed by atoms with Crippen molar-refractivity contribution in [3.05, 3.63) is 70.0 Å². The second-order valence-corrected chi connectivity index (χ2v) is 6.92. The molecule has 0 saturated heterocycles. The fourth-order valence-electron chi connectivity index (χ4n) is 2.25. The molecule has 0 fully saturated rings. The highest BCUT2D eigenvalue weighted by Crippen LogP contribution is 2.28. The number of rotatable bonds is 3. The minimum Gasteiger partial charge on any atom is -0.440 e. The van der Waals surface area contributed by atoms with E-state index in [-0.39, 0.29) is 0 Å². The summed E-state index contributed by atoms with van der Waals surface area (Å²) in [6.07, 6.45) is 3.20. The molecule has 2 aromatic carbocycles. The lowest BCUT2D eigenvalue weighted by atomic mass is 10.2. The monoisotopic (exact) mass is 444 g/mol. The highest BCUT2D eigenvalue weighted by atomic mass is 79.9. The van der Waals surface area contributed by atoms with Crippen molar-refractivity contribution in [3.8, 4) is 34.3 Å². The van der Waals surface area contributed by atoms with Gasteiger partial charge in [0.05, 0.1) is 0 Å². The summed E-state index contributed by atoms with van der Waals surface area (Å²) in [5, 5.41) is 0. The van der Waals surface area contributed by atoms with E-state index >= 15 is 0 Å². The van der Waals surface area contributed by atoms with Crippen molar-refractivity contribution in [3.63, 3.8) is 0 Å². The Hall–Kier alpha value is -2.18. The quantitative estimate of drug-likeness (QED) is 0.377. The second kappa shape index (κ2) is 6.37. The maximum atomic E-state index is 5.52. The lowest BCUT2D eigenvalue weighted by molar-refractivity contribution is 0.510. The van der Waals surface area contributed by atoms with E-state index in [0.29, 0.717) is 11.8 Å². The van der Waals surface area contributed by atoms with Crippen LogP contribution in [0, 0.1) is 0 Å². The molecule has 0 saturated carbocycles. The largest absolute Gasteiger partial charge is 0.440 e. The van der Waals surface area contributed by atoms with E-state index in [4.69, 9.17) is 8.83 Å². The molecule has 2 aromatic heterocycles. The number of halogens is 2. The predicted octanol–water partition coefficient (Wildman–Crippen LogP) is 6.19. The molecule has 4 nitrogen and oxygen atoms in total. The molecule has 6 heteroatoms. The summed E-state index contributed by atoms with van der Waals surface area (Å²) in [6, 6.07) is 15.7. The Balaban J connectivity index is 1.63. The van der Waals surface area contributed by atoms with Crippen LogP contribution in [0.1, 0.15) is 0 Å². The molecule has 0 atom stereocenters. The lowest BCUT2D eigenvalue weighted by Gasteiger charge is -1.95. The first kappa shape index (κ1) is 15.4. The van der Waals surface area contributed by atoms with Gasteiger partial charge in [0.15, 0.2) is 0 Å². The first-order valence-electron chi connectivity index (χ1n) is 7.12. The second-order valence-electron chi connectivity index (χ2n) is 5.09. The SMILES string of the molecule is Brc1ccc(-c2coc(-c3nc(-c4ccc(Br)cc4)co3)n2)cc1. The lowest BCUT2D eigenvalue weighted by Crippen LogP contribution is -1.81. The zero-order chi connectivity index (χ0) is 16.5. The van der Waals surface area contributed by atoms with Crippen molar-refractivity contribution >= 4 is 31.9 Å². The molecule has 0 amide bonds. The van der Waals surface area contributed by atoms with E-state index in [9.17, 15) is 0 Å². The highest BCUT2D eigenvalue weighted by Gasteiger charge is 2.15. The van der Waals surface area contributed by atoms with Crippen molar-refractivity contribution in [2.75, 3.05) is 0 Å². The molecule has 0 aliphatic heterocycles. The van der Waals surface area contributed by atoms with Gasteiger partial charge in [-0.15, -0.1) is 0 Å². The normalized spacial score (nSPS) is 10.9. The number of benzene rings is 2. The topological polar surface area (TPSA) is 52.1 Å². The van der Waals surface area contributed by atoms with Crippen molar-refractivity contribution in [1.29, 1.82) is 0 Å². The molecule has 0 unspecified atom stereocenters. The Morgan fingerprint density at radius 1 is 0.583 bits per heavy atom. The maximum absolute atomic E-state index is 5.52. The Kier molecular flexibility index (Phi) is 4.08. The Morgan fingerprint density at radius 2 is 0.958 bits per heavy atom. The van der Waals surface area contributed by atoms with Crippen LogP contribution in [0.2, 0.25) is 0 Å². The summed E-state index contributed by atoms with van der Waals surface area (Å²) < 4.78 is 13.1. The van der Waals surface area contributed by atoms with E-state index in [1.54, 1.807) is 12.5 Å². The molecule has 0 aliphatic carbocycles. The van der Waals surface area contributed by atoms with Crippen LogP contribution >= 0.6 is 31.9 Å². The number of nitrogens with zero attached hydrogens (tertiary/aromatic N) is 2. The van der Waals surface area contributed by atoms with Gasteiger partial charge in [-0.2, -0.15) is 0 Å². The maximum Gasteiger partial charge on any atom is 0.284 e. The van der Waals surface area contributed by atoms with Gasteiger partial charge in [0.25, 0.3) is 11.8 Å². The molecule has 0 spiro atoms. The molecule has 0 aliphatic rings. The fourth-order valence-corrected chi connectivity index (χ4v) is 2.78. The van der Waals surface area contributed by atoms with Crippen LogP contribution in [-0.2, 0) is 0 Å². The molecule has 24 heavy (non-hydrogen) atoms. The summed E-state index contributed by atoms with van der Waals surface area (Å²) in [5.74, 6) is 0.715. The van der Waals surface area contributed by atoms with Gasteiger partial charge in [-0.1, -0.05) is 56.1 Å². The number of oxazole rings is 2. The van der Waals surface area contributed by atoms with Crippen LogP contribution in [0.3, 0.4) is 0 Å². The van der Waals surface area contributed by atoms with Crippen molar-refractivity contribution in [2.45, 2.75) is 0 Å². The zero-order valence-corrected chi connectivity index (χ0v) is 15.4. The van der Waals surface area contributed by atoms with E-state index in [1.807, 2.05) is 48.5 Å². The van der Waals surface area contributed by atoms with E-state index in [0.717, 1.165) is 31.5 Å². The highest BCUT2D eigenvalue weighted by molar-refractivity contribution is 9.10. The summed E-state index contributed by atoms with van der Waals surface area (Å²) >= 11 is 6.83. The average Bonchev–Trinajstić information content (AvgIpc) is 3.25. The van der Waals surface area contributed by atoms with Gasteiger partial charge in [0, 0.05) is 20.1 Å². The van der Waals surface area contributed by atoms with Crippen LogP contribution < -0.4 is 0 Å². The van der Waals surface area contributed by atoms with Crippen molar-refractivity contribution in [1.82, 2.24) is 9.97 Å². The summed E-state index contributed by atoms with van der Waals surface area (Å²) in [5.41, 5.74) is 3.41. The van der Waals surface area contributed by atoms with Gasteiger partial charge in [-0.05, 0) is 24.3 Å². The molecular formula is C18H10Br2N2O2. The molecule has 4 aromatic rings. The molecule has 0 radical (unpaired) electrons. The first-order valence-corrected chi connectivity index (χ1v) is 8.71. The summed E-state index contributed by atoms with van der Waals surface area (Å²) in [7, 11) is 0. The van der Waals surface area contributed by atoms with Gasteiger partial charge in [-0.25, -0.2) is 9.97 Å². The molecular weight excluding hydrogens is 436 g/mol. The summed E-state index contributed by atoms with van der Waals surface area (Å²) in [6.45, 7) is 0. The van der Waals surface area contributed by atoms with Crippen LogP contribution in [0.25, 0.3) is 34.3 Å². The van der Waals surface area contributed by atoms with Gasteiger partial charge in [0.2, 0.25) is 0 Å². The third-order valence-corrected chi connectivity index (χ3v) is 4.53. The average molecular weight is 446 g/mol. The van der Waals surface area contributed by atoms with Gasteiger partial charge in [0.1, 0.15) is 23.9 Å². The molecule has 0 bridgehead atoms. The third kappa shape index (κ3) is 3.07. The van der Waals surface area contributed by atoms with Gasteiger partial charge < -0.3 is 8.83 Å². The van der Waals surface area contributed by atoms with Crippen LogP contribution in [0.15, 0.2) is 78.8 Å². The minimum absolute atomic E-state index is 0.358. The first-order chi connectivity index (χ1) is 11.7. The Morgan fingerprint density at radius 3 is 1.33 bits per heavy atom.